The lowest BCUT2D eigenvalue weighted by Crippen LogP contribution is -2.35. The van der Waals surface area contributed by atoms with E-state index in [4.69, 9.17) is 23.8 Å². The first-order valence-corrected chi connectivity index (χ1v) is 9.37. The van der Waals surface area contributed by atoms with Gasteiger partial charge in [0, 0.05) is 25.7 Å². The number of nitrogens with one attached hydrogen (secondary N) is 2. The van der Waals surface area contributed by atoms with Gasteiger partial charge in [-0.25, -0.2) is 9.37 Å². The molecular formula is C18H21ClFN5S. The highest BCUT2D eigenvalue weighted by Gasteiger charge is 2.19. The van der Waals surface area contributed by atoms with Gasteiger partial charge >= 0.3 is 0 Å². The lowest BCUT2D eigenvalue weighted by Gasteiger charge is -2.32. The Morgan fingerprint density at radius 2 is 2.12 bits per heavy atom. The van der Waals surface area contributed by atoms with E-state index in [0.29, 0.717) is 28.7 Å². The van der Waals surface area contributed by atoms with Crippen molar-refractivity contribution in [2.24, 2.45) is 5.92 Å². The van der Waals surface area contributed by atoms with Crippen LogP contribution in [0.1, 0.15) is 25.3 Å². The molecular weight excluding hydrogens is 373 g/mol. The van der Waals surface area contributed by atoms with Crippen molar-refractivity contribution in [1.82, 2.24) is 15.3 Å². The summed E-state index contributed by atoms with van der Waals surface area (Å²) in [7, 11) is 0. The second-order valence-corrected chi connectivity index (χ2v) is 7.30. The van der Waals surface area contributed by atoms with Gasteiger partial charge in [0.2, 0.25) is 5.95 Å². The number of thiocarbonyl (C=S) groups is 1. The predicted molar refractivity (Wildman–Crippen MR) is 107 cm³/mol. The van der Waals surface area contributed by atoms with Crippen LogP contribution in [0.5, 0.6) is 0 Å². The van der Waals surface area contributed by atoms with Crippen LogP contribution in [0.4, 0.5) is 16.2 Å². The number of piperidine rings is 1. The third kappa shape index (κ3) is 5.25. The van der Waals surface area contributed by atoms with E-state index in [2.05, 4.69) is 32.4 Å². The van der Waals surface area contributed by atoms with E-state index in [9.17, 15) is 4.39 Å². The fraction of sp³-hybridized carbons (Fsp3) is 0.389. The topological polar surface area (TPSA) is 53.1 Å². The number of hydrogen-bond donors (Lipinski definition) is 2. The normalized spacial score (nSPS) is 17.0. The monoisotopic (exact) mass is 393 g/mol. The Morgan fingerprint density at radius 1 is 1.35 bits per heavy atom. The largest absolute Gasteiger partial charge is 0.358 e. The maximum Gasteiger partial charge on any atom is 0.232 e. The van der Waals surface area contributed by atoms with Crippen molar-refractivity contribution in [1.29, 1.82) is 0 Å². The molecule has 5 nitrogen and oxygen atoms in total. The first-order valence-electron chi connectivity index (χ1n) is 8.58. The fourth-order valence-corrected chi connectivity index (χ4v) is 3.29. The van der Waals surface area contributed by atoms with E-state index in [0.717, 1.165) is 30.9 Å². The van der Waals surface area contributed by atoms with Crippen molar-refractivity contribution >= 4 is 40.7 Å². The lowest BCUT2D eigenvalue weighted by molar-refractivity contribution is 0.444. The zero-order chi connectivity index (χ0) is 18.5. The molecule has 0 spiro atoms. The van der Waals surface area contributed by atoms with Gasteiger partial charge in [-0.3, -0.25) is 0 Å². The number of aromatic nitrogens is 2. The summed E-state index contributed by atoms with van der Waals surface area (Å²) in [6, 6.07) is 8.02. The summed E-state index contributed by atoms with van der Waals surface area (Å²) in [5, 5.41) is 6.78. The highest BCUT2D eigenvalue weighted by atomic mass is 35.5. The van der Waals surface area contributed by atoms with Gasteiger partial charge in [-0.15, -0.1) is 0 Å². The molecule has 138 valence electrons. The van der Waals surface area contributed by atoms with Crippen LogP contribution in [0.2, 0.25) is 5.15 Å². The van der Waals surface area contributed by atoms with Crippen LogP contribution in [-0.2, 0) is 6.54 Å². The van der Waals surface area contributed by atoms with Gasteiger partial charge in [-0.1, -0.05) is 30.7 Å². The standard InChI is InChI=1S/C18H21ClFN5S/c1-12-3-2-8-25(11-12)16-9-15(19)22-17(23-16)24-18(26)21-10-13-4-6-14(20)7-5-13/h4-7,9,12H,2-3,8,10-11H2,1H3,(H2,21,22,23,24,26)/t12-/m1/s1. The third-order valence-electron chi connectivity index (χ3n) is 4.25. The first kappa shape index (κ1) is 18.8. The van der Waals surface area contributed by atoms with Crippen molar-refractivity contribution in [2.45, 2.75) is 26.3 Å². The summed E-state index contributed by atoms with van der Waals surface area (Å²) in [6.07, 6.45) is 2.38. The van der Waals surface area contributed by atoms with Crippen molar-refractivity contribution < 1.29 is 4.39 Å². The predicted octanol–water partition coefficient (Wildman–Crippen LogP) is 3.99. The number of rotatable bonds is 4. The van der Waals surface area contributed by atoms with Crippen LogP contribution in [0, 0.1) is 11.7 Å². The fourth-order valence-electron chi connectivity index (χ4n) is 2.95. The molecule has 2 heterocycles. The number of anilines is 2. The summed E-state index contributed by atoms with van der Waals surface area (Å²) >= 11 is 11.4. The molecule has 1 aliphatic rings. The van der Waals surface area contributed by atoms with Crippen molar-refractivity contribution in [3.63, 3.8) is 0 Å². The average Bonchev–Trinajstić information content (AvgIpc) is 2.61. The molecule has 0 radical (unpaired) electrons. The van der Waals surface area contributed by atoms with Gasteiger partial charge in [0.1, 0.15) is 16.8 Å². The maximum atomic E-state index is 12.9. The van der Waals surface area contributed by atoms with Crippen LogP contribution >= 0.6 is 23.8 Å². The molecule has 0 amide bonds. The summed E-state index contributed by atoms with van der Waals surface area (Å²) in [6.45, 7) is 4.64. The molecule has 26 heavy (non-hydrogen) atoms. The zero-order valence-electron chi connectivity index (χ0n) is 14.5. The van der Waals surface area contributed by atoms with Gasteiger partial charge < -0.3 is 15.5 Å². The lowest BCUT2D eigenvalue weighted by atomic mass is 10.0. The molecule has 1 fully saturated rings. The van der Waals surface area contributed by atoms with Gasteiger partial charge in [0.15, 0.2) is 5.11 Å². The maximum absolute atomic E-state index is 12.9. The Morgan fingerprint density at radius 3 is 2.85 bits per heavy atom. The number of nitrogens with zero attached hydrogens (tertiary/aromatic N) is 3. The minimum atomic E-state index is -0.263. The first-order chi connectivity index (χ1) is 12.5. The number of benzene rings is 1. The molecule has 2 N–H and O–H groups in total. The van der Waals surface area contributed by atoms with Crippen molar-refractivity contribution in [3.8, 4) is 0 Å². The van der Waals surface area contributed by atoms with E-state index in [1.165, 1.54) is 18.6 Å². The second kappa shape index (κ2) is 8.60. The minimum absolute atomic E-state index is 0.263. The molecule has 2 aromatic rings. The molecule has 1 aliphatic heterocycles. The Hall–Kier alpha value is -1.99. The molecule has 0 bridgehead atoms. The van der Waals surface area contributed by atoms with Gasteiger partial charge in [-0.2, -0.15) is 4.98 Å². The Labute approximate surface area is 163 Å². The zero-order valence-corrected chi connectivity index (χ0v) is 16.1. The molecule has 0 unspecified atom stereocenters. The highest BCUT2D eigenvalue weighted by molar-refractivity contribution is 7.80. The molecule has 1 atom stereocenters. The molecule has 0 saturated carbocycles. The molecule has 1 aromatic heterocycles. The van der Waals surface area contributed by atoms with Crippen LogP contribution in [0.15, 0.2) is 30.3 Å². The van der Waals surface area contributed by atoms with E-state index in [-0.39, 0.29) is 5.82 Å². The van der Waals surface area contributed by atoms with Crippen molar-refractivity contribution in [2.75, 3.05) is 23.3 Å². The summed E-state index contributed by atoms with van der Waals surface area (Å²) in [5.74, 6) is 1.54. The van der Waals surface area contributed by atoms with Crippen LogP contribution in [0.25, 0.3) is 0 Å². The van der Waals surface area contributed by atoms with E-state index < -0.39 is 0 Å². The van der Waals surface area contributed by atoms with Gasteiger partial charge in [0.05, 0.1) is 0 Å². The Balaban J connectivity index is 1.61. The molecule has 1 saturated heterocycles. The quantitative estimate of drug-likeness (QED) is 0.605. The van der Waals surface area contributed by atoms with Gasteiger partial charge in [-0.05, 0) is 48.7 Å². The molecule has 3 rings (SSSR count). The van der Waals surface area contributed by atoms with Gasteiger partial charge in [0.25, 0.3) is 0 Å². The minimum Gasteiger partial charge on any atom is -0.358 e. The Bertz CT molecular complexity index is 771. The van der Waals surface area contributed by atoms with Crippen LogP contribution in [-0.4, -0.2) is 28.2 Å². The van der Waals surface area contributed by atoms with Crippen molar-refractivity contribution in [3.05, 3.63) is 46.9 Å². The smallest absolute Gasteiger partial charge is 0.232 e. The van der Waals surface area contributed by atoms with E-state index >= 15 is 0 Å². The number of halogens is 2. The second-order valence-electron chi connectivity index (χ2n) is 6.50. The van der Waals surface area contributed by atoms with Crippen LogP contribution < -0.4 is 15.5 Å². The van der Waals surface area contributed by atoms with E-state index in [1.807, 2.05) is 0 Å². The Kier molecular flexibility index (Phi) is 6.21. The highest BCUT2D eigenvalue weighted by Crippen LogP contribution is 2.24. The molecule has 0 aliphatic carbocycles. The summed E-state index contributed by atoms with van der Waals surface area (Å²) in [4.78, 5) is 11.0. The SMILES string of the molecule is C[C@@H]1CCCN(c2cc(Cl)nc(NC(=S)NCc3ccc(F)cc3)n2)C1. The summed E-state index contributed by atoms with van der Waals surface area (Å²) in [5.41, 5.74) is 0.922. The van der Waals surface area contributed by atoms with Crippen LogP contribution in [0.3, 0.4) is 0 Å². The number of hydrogen-bond acceptors (Lipinski definition) is 4. The third-order valence-corrected chi connectivity index (χ3v) is 4.69. The molecule has 8 heteroatoms. The van der Waals surface area contributed by atoms with E-state index in [1.54, 1.807) is 18.2 Å². The average molecular weight is 394 g/mol. The molecule has 1 aromatic carbocycles. The summed E-state index contributed by atoms with van der Waals surface area (Å²) < 4.78 is 12.9.